The molecule has 5 nitrogen and oxygen atoms in total. The van der Waals surface area contributed by atoms with Crippen LogP contribution in [0, 0.1) is 0 Å². The average Bonchev–Trinajstić information content (AvgIpc) is 2.59. The van der Waals surface area contributed by atoms with E-state index in [0.717, 1.165) is 12.8 Å². The van der Waals surface area contributed by atoms with Crippen molar-refractivity contribution in [1.82, 2.24) is 4.90 Å². The average molecular weight is 301 g/mol. The molecule has 1 saturated heterocycles. The van der Waals surface area contributed by atoms with Crippen LogP contribution in [-0.4, -0.2) is 41.8 Å². The third-order valence-corrected chi connectivity index (χ3v) is 3.61. The topological polar surface area (TPSA) is 63.7 Å². The first kappa shape index (κ1) is 15.9. The summed E-state index contributed by atoms with van der Waals surface area (Å²) in [4.78, 5) is 38.1. The molecule has 0 aliphatic carbocycles. The second-order valence-electron chi connectivity index (χ2n) is 5.12. The Labute approximate surface area is 129 Å². The Morgan fingerprint density at radius 1 is 1.23 bits per heavy atom. The van der Waals surface area contributed by atoms with Crippen molar-refractivity contribution < 1.29 is 19.1 Å². The molecule has 0 radical (unpaired) electrons. The van der Waals surface area contributed by atoms with Gasteiger partial charge in [-0.2, -0.15) is 0 Å². The molecule has 1 heterocycles. The minimum atomic E-state index is -0.686. The van der Waals surface area contributed by atoms with Gasteiger partial charge in [-0.25, -0.2) is 4.79 Å². The van der Waals surface area contributed by atoms with Crippen LogP contribution in [-0.2, 0) is 14.3 Å². The number of esters is 1. The second kappa shape index (κ2) is 7.54. The second-order valence-corrected chi connectivity index (χ2v) is 5.12. The standard InChI is InChI=1S/C17H19NO4/c1-2-12-22-17(21)14-10-6-7-11-18(14)16(20)15(19)13-8-4-3-5-9-13/h2-5,8-9,14H,1,6-7,10-12H2. The molecule has 22 heavy (non-hydrogen) atoms. The van der Waals surface area contributed by atoms with Crippen molar-refractivity contribution in [2.45, 2.75) is 25.3 Å². The molecular formula is C17H19NO4. The minimum absolute atomic E-state index is 0.101. The van der Waals surface area contributed by atoms with Gasteiger partial charge in [0.25, 0.3) is 5.91 Å². The number of carbonyl (C=O) groups is 3. The van der Waals surface area contributed by atoms with Crippen LogP contribution in [0.1, 0.15) is 29.6 Å². The number of piperidine rings is 1. The number of benzene rings is 1. The smallest absolute Gasteiger partial charge is 0.329 e. The highest BCUT2D eigenvalue weighted by Crippen LogP contribution is 2.19. The van der Waals surface area contributed by atoms with Crippen molar-refractivity contribution in [2.75, 3.05) is 13.2 Å². The van der Waals surface area contributed by atoms with Gasteiger partial charge in [0.1, 0.15) is 12.6 Å². The lowest BCUT2D eigenvalue weighted by atomic mass is 10.0. The van der Waals surface area contributed by atoms with E-state index in [2.05, 4.69) is 6.58 Å². The predicted molar refractivity (Wildman–Crippen MR) is 81.3 cm³/mol. The summed E-state index contributed by atoms with van der Waals surface area (Å²) in [6.45, 7) is 3.98. The molecule has 5 heteroatoms. The van der Waals surface area contributed by atoms with E-state index in [4.69, 9.17) is 4.74 Å². The van der Waals surface area contributed by atoms with Gasteiger partial charge in [0, 0.05) is 12.1 Å². The monoisotopic (exact) mass is 301 g/mol. The molecular weight excluding hydrogens is 282 g/mol. The number of likely N-dealkylation sites (tertiary alicyclic amines) is 1. The molecule has 1 amide bonds. The zero-order valence-corrected chi connectivity index (χ0v) is 12.4. The third-order valence-electron chi connectivity index (χ3n) is 3.61. The first-order chi connectivity index (χ1) is 10.6. The van der Waals surface area contributed by atoms with Gasteiger partial charge in [0.2, 0.25) is 5.78 Å². The maximum atomic E-state index is 12.4. The molecule has 1 unspecified atom stereocenters. The van der Waals surface area contributed by atoms with Crippen molar-refractivity contribution in [3.8, 4) is 0 Å². The number of hydrogen-bond donors (Lipinski definition) is 0. The van der Waals surface area contributed by atoms with Crippen LogP contribution < -0.4 is 0 Å². The SMILES string of the molecule is C=CCOC(=O)C1CCCCN1C(=O)C(=O)c1ccccc1. The summed E-state index contributed by atoms with van der Waals surface area (Å²) < 4.78 is 5.03. The highest BCUT2D eigenvalue weighted by Gasteiger charge is 2.36. The van der Waals surface area contributed by atoms with Crippen LogP contribution in [0.2, 0.25) is 0 Å². The maximum absolute atomic E-state index is 12.4. The van der Waals surface area contributed by atoms with Crippen molar-refractivity contribution in [2.24, 2.45) is 0 Å². The van der Waals surface area contributed by atoms with Gasteiger partial charge < -0.3 is 9.64 Å². The van der Waals surface area contributed by atoms with Crippen LogP contribution in [0.5, 0.6) is 0 Å². The number of hydrogen-bond acceptors (Lipinski definition) is 4. The number of nitrogens with zero attached hydrogens (tertiary/aromatic N) is 1. The van der Waals surface area contributed by atoms with Crippen LogP contribution in [0.25, 0.3) is 0 Å². The van der Waals surface area contributed by atoms with Gasteiger partial charge in [0.15, 0.2) is 0 Å². The Morgan fingerprint density at radius 2 is 1.95 bits per heavy atom. The fourth-order valence-corrected chi connectivity index (χ4v) is 2.50. The van der Waals surface area contributed by atoms with Crippen LogP contribution in [0.4, 0.5) is 0 Å². The Bertz CT molecular complexity index is 567. The number of ether oxygens (including phenoxy) is 1. The van der Waals surface area contributed by atoms with E-state index < -0.39 is 23.7 Å². The van der Waals surface area contributed by atoms with Crippen molar-refractivity contribution in [3.63, 3.8) is 0 Å². The van der Waals surface area contributed by atoms with E-state index in [9.17, 15) is 14.4 Å². The fraction of sp³-hybridized carbons (Fsp3) is 0.353. The Balaban J connectivity index is 2.13. The van der Waals surface area contributed by atoms with E-state index in [0.29, 0.717) is 18.5 Å². The van der Waals surface area contributed by atoms with Crippen LogP contribution in [0.15, 0.2) is 43.0 Å². The molecule has 1 aliphatic rings. The van der Waals surface area contributed by atoms with Gasteiger partial charge in [-0.05, 0) is 19.3 Å². The van der Waals surface area contributed by atoms with Gasteiger partial charge in [-0.15, -0.1) is 0 Å². The summed E-state index contributed by atoms with van der Waals surface area (Å²) in [5.74, 6) is -1.72. The first-order valence-electron chi connectivity index (χ1n) is 7.33. The summed E-state index contributed by atoms with van der Waals surface area (Å²) in [5.41, 5.74) is 0.330. The molecule has 0 bridgehead atoms. The zero-order valence-electron chi connectivity index (χ0n) is 12.4. The van der Waals surface area contributed by atoms with E-state index in [1.807, 2.05) is 0 Å². The summed E-state index contributed by atoms with van der Waals surface area (Å²) in [6, 6.07) is 7.68. The summed E-state index contributed by atoms with van der Waals surface area (Å²) in [6.07, 6.45) is 3.60. The van der Waals surface area contributed by atoms with Crippen molar-refractivity contribution >= 4 is 17.7 Å². The van der Waals surface area contributed by atoms with E-state index in [-0.39, 0.29) is 6.61 Å². The lowest BCUT2D eigenvalue weighted by Gasteiger charge is -2.33. The summed E-state index contributed by atoms with van der Waals surface area (Å²) in [7, 11) is 0. The van der Waals surface area contributed by atoms with Gasteiger partial charge in [-0.1, -0.05) is 43.0 Å². The Kier molecular flexibility index (Phi) is 5.47. The molecule has 1 aromatic rings. The zero-order chi connectivity index (χ0) is 15.9. The molecule has 1 atom stereocenters. The quantitative estimate of drug-likeness (QED) is 0.361. The molecule has 2 rings (SSSR count). The number of ketones is 1. The highest BCUT2D eigenvalue weighted by atomic mass is 16.5. The minimum Gasteiger partial charge on any atom is -0.460 e. The molecule has 116 valence electrons. The van der Waals surface area contributed by atoms with E-state index >= 15 is 0 Å². The molecule has 1 aromatic carbocycles. The molecule has 0 spiro atoms. The van der Waals surface area contributed by atoms with Gasteiger partial charge in [-0.3, -0.25) is 9.59 Å². The summed E-state index contributed by atoms with van der Waals surface area (Å²) >= 11 is 0. The maximum Gasteiger partial charge on any atom is 0.329 e. The van der Waals surface area contributed by atoms with Crippen molar-refractivity contribution in [1.29, 1.82) is 0 Å². The van der Waals surface area contributed by atoms with Crippen LogP contribution >= 0.6 is 0 Å². The number of Topliss-reactive ketones (excluding diaryl/α,β-unsaturated/α-hetero) is 1. The van der Waals surface area contributed by atoms with Gasteiger partial charge >= 0.3 is 5.97 Å². The van der Waals surface area contributed by atoms with E-state index in [1.54, 1.807) is 30.3 Å². The number of carbonyl (C=O) groups excluding carboxylic acids is 3. The van der Waals surface area contributed by atoms with Crippen LogP contribution in [0.3, 0.4) is 0 Å². The molecule has 1 aliphatic heterocycles. The molecule has 1 fully saturated rings. The predicted octanol–water partition coefficient (Wildman–Crippen LogP) is 1.98. The molecule has 0 saturated carbocycles. The Hall–Kier alpha value is -2.43. The third kappa shape index (κ3) is 3.61. The summed E-state index contributed by atoms with van der Waals surface area (Å²) in [5, 5.41) is 0. The highest BCUT2D eigenvalue weighted by molar-refractivity contribution is 6.43. The lowest BCUT2D eigenvalue weighted by Crippen LogP contribution is -2.51. The largest absolute Gasteiger partial charge is 0.460 e. The van der Waals surface area contributed by atoms with Gasteiger partial charge in [0.05, 0.1) is 0 Å². The molecule has 0 N–H and O–H groups in total. The number of rotatable bonds is 5. The first-order valence-corrected chi connectivity index (χ1v) is 7.33. The lowest BCUT2D eigenvalue weighted by molar-refractivity contribution is -0.154. The van der Waals surface area contributed by atoms with Crippen molar-refractivity contribution in [3.05, 3.63) is 48.6 Å². The molecule has 0 aromatic heterocycles. The fourth-order valence-electron chi connectivity index (χ4n) is 2.50. The normalized spacial score (nSPS) is 17.6. The number of amides is 1. The Morgan fingerprint density at radius 3 is 2.64 bits per heavy atom. The van der Waals surface area contributed by atoms with E-state index in [1.165, 1.54) is 11.0 Å².